The third-order valence-electron chi connectivity index (χ3n) is 3.25. The molecule has 2 rings (SSSR count). The molecule has 0 aliphatic heterocycles. The molecule has 1 N–H and O–H groups in total. The highest BCUT2D eigenvalue weighted by Gasteiger charge is 2.20. The lowest BCUT2D eigenvalue weighted by Gasteiger charge is -2.11. The first kappa shape index (κ1) is 11.1. The van der Waals surface area contributed by atoms with Crippen LogP contribution in [0.3, 0.4) is 0 Å². The van der Waals surface area contributed by atoms with E-state index in [1.165, 1.54) is 34.8 Å². The molecule has 2 nitrogen and oxygen atoms in total. The van der Waals surface area contributed by atoms with Gasteiger partial charge in [0.2, 0.25) is 0 Å². The van der Waals surface area contributed by atoms with Gasteiger partial charge in [-0.1, -0.05) is 6.92 Å². The average Bonchev–Trinajstić information content (AvgIpc) is 2.70. The molecule has 1 aromatic heterocycles. The van der Waals surface area contributed by atoms with Crippen LogP contribution in [-0.2, 0) is 6.54 Å². The summed E-state index contributed by atoms with van der Waals surface area (Å²) in [5.41, 5.74) is 1.20. The molecule has 1 aliphatic rings. The molecule has 1 heterocycles. The van der Waals surface area contributed by atoms with Gasteiger partial charge in [0, 0.05) is 17.5 Å². The van der Waals surface area contributed by atoms with Crippen LogP contribution in [0, 0.1) is 19.8 Å². The van der Waals surface area contributed by atoms with Crippen LogP contribution < -0.4 is 5.32 Å². The highest BCUT2D eigenvalue weighted by molar-refractivity contribution is 7.11. The van der Waals surface area contributed by atoms with Crippen LogP contribution in [-0.4, -0.2) is 11.0 Å². The van der Waals surface area contributed by atoms with Crippen molar-refractivity contribution < 1.29 is 0 Å². The normalized spacial score (nSPS) is 26.1. The minimum atomic E-state index is 0.738. The largest absolute Gasteiger partial charge is 0.309 e. The fraction of sp³-hybridized carbons (Fsp3) is 0.750. The summed E-state index contributed by atoms with van der Waals surface area (Å²) in [6.07, 6.45) is 4.08. The number of hydrogen-bond donors (Lipinski definition) is 1. The zero-order valence-electron chi connectivity index (χ0n) is 9.84. The van der Waals surface area contributed by atoms with Crippen molar-refractivity contribution in [3.63, 3.8) is 0 Å². The molecule has 84 valence electrons. The van der Waals surface area contributed by atoms with E-state index in [4.69, 9.17) is 0 Å². The van der Waals surface area contributed by atoms with Gasteiger partial charge in [0.15, 0.2) is 0 Å². The smallest absolute Gasteiger partial charge is 0.0900 e. The molecule has 1 aromatic rings. The standard InChI is InChI=1S/C12H20N2S/c1-8-4-5-11(6-8)13-7-12-9(2)14-10(3)15-12/h8,11,13H,4-7H2,1-3H3. The van der Waals surface area contributed by atoms with E-state index < -0.39 is 0 Å². The molecule has 0 radical (unpaired) electrons. The highest BCUT2D eigenvalue weighted by Crippen LogP contribution is 2.25. The maximum absolute atomic E-state index is 4.45. The number of aromatic nitrogens is 1. The predicted octanol–water partition coefficient (Wildman–Crippen LogP) is 3.04. The van der Waals surface area contributed by atoms with E-state index in [0.29, 0.717) is 0 Å². The van der Waals surface area contributed by atoms with E-state index in [1.807, 2.05) is 11.3 Å². The third kappa shape index (κ3) is 2.79. The maximum Gasteiger partial charge on any atom is 0.0900 e. The summed E-state index contributed by atoms with van der Waals surface area (Å²) < 4.78 is 0. The van der Waals surface area contributed by atoms with Gasteiger partial charge in [0.05, 0.1) is 10.7 Å². The van der Waals surface area contributed by atoms with Crippen molar-refractivity contribution in [3.05, 3.63) is 15.6 Å². The Hall–Kier alpha value is -0.410. The molecule has 3 heteroatoms. The lowest BCUT2D eigenvalue weighted by Crippen LogP contribution is -2.25. The molecule has 0 saturated heterocycles. The van der Waals surface area contributed by atoms with E-state index in [-0.39, 0.29) is 0 Å². The highest BCUT2D eigenvalue weighted by atomic mass is 32.1. The number of nitrogens with one attached hydrogen (secondary N) is 1. The molecule has 0 aromatic carbocycles. The minimum Gasteiger partial charge on any atom is -0.309 e. The summed E-state index contributed by atoms with van der Waals surface area (Å²) in [7, 11) is 0. The lowest BCUT2D eigenvalue weighted by atomic mass is 10.1. The molecular formula is C12H20N2S. The van der Waals surface area contributed by atoms with Crippen LogP contribution in [0.15, 0.2) is 0 Å². The first-order valence-corrected chi connectivity index (χ1v) is 6.63. The Balaban J connectivity index is 1.85. The van der Waals surface area contributed by atoms with Crippen molar-refractivity contribution in [3.8, 4) is 0 Å². The summed E-state index contributed by atoms with van der Waals surface area (Å²) in [6.45, 7) is 7.55. The van der Waals surface area contributed by atoms with Gasteiger partial charge in [-0.15, -0.1) is 11.3 Å². The maximum atomic E-state index is 4.45. The Morgan fingerprint density at radius 3 is 2.73 bits per heavy atom. The van der Waals surface area contributed by atoms with Crippen LogP contribution in [0.2, 0.25) is 0 Å². The van der Waals surface area contributed by atoms with Gasteiger partial charge in [-0.3, -0.25) is 0 Å². The van der Waals surface area contributed by atoms with Crippen molar-refractivity contribution in [2.24, 2.45) is 5.92 Å². The SMILES string of the molecule is Cc1nc(C)c(CNC2CCC(C)C2)s1. The monoisotopic (exact) mass is 224 g/mol. The molecule has 2 unspecified atom stereocenters. The number of hydrogen-bond acceptors (Lipinski definition) is 3. The second kappa shape index (κ2) is 4.62. The van der Waals surface area contributed by atoms with Gasteiger partial charge >= 0.3 is 0 Å². The van der Waals surface area contributed by atoms with Crippen molar-refractivity contribution in [1.82, 2.24) is 10.3 Å². The van der Waals surface area contributed by atoms with Gasteiger partial charge in [0.1, 0.15) is 0 Å². The third-order valence-corrected chi connectivity index (χ3v) is 4.32. The Kier molecular flexibility index (Phi) is 3.42. The van der Waals surface area contributed by atoms with Crippen LogP contribution in [0.5, 0.6) is 0 Å². The van der Waals surface area contributed by atoms with Gasteiger partial charge < -0.3 is 5.32 Å². The first-order chi connectivity index (χ1) is 7.15. The predicted molar refractivity (Wildman–Crippen MR) is 65.2 cm³/mol. The van der Waals surface area contributed by atoms with E-state index in [0.717, 1.165) is 18.5 Å². The zero-order valence-corrected chi connectivity index (χ0v) is 10.7. The van der Waals surface area contributed by atoms with E-state index in [2.05, 4.69) is 31.1 Å². The molecule has 1 saturated carbocycles. The topological polar surface area (TPSA) is 24.9 Å². The van der Waals surface area contributed by atoms with Gasteiger partial charge in [0.25, 0.3) is 0 Å². The Morgan fingerprint density at radius 2 is 2.20 bits per heavy atom. The summed E-state index contributed by atoms with van der Waals surface area (Å²) in [6, 6.07) is 0.738. The molecule has 1 fully saturated rings. The van der Waals surface area contributed by atoms with Crippen molar-refractivity contribution >= 4 is 11.3 Å². The quantitative estimate of drug-likeness (QED) is 0.853. The summed E-state index contributed by atoms with van der Waals surface area (Å²) >= 11 is 1.82. The van der Waals surface area contributed by atoms with Crippen LogP contribution in [0.4, 0.5) is 0 Å². The Morgan fingerprint density at radius 1 is 1.40 bits per heavy atom. The van der Waals surface area contributed by atoms with Gasteiger partial charge in [-0.2, -0.15) is 0 Å². The number of thiazole rings is 1. The van der Waals surface area contributed by atoms with Crippen LogP contribution >= 0.6 is 11.3 Å². The van der Waals surface area contributed by atoms with E-state index >= 15 is 0 Å². The summed E-state index contributed by atoms with van der Waals surface area (Å²) in [5.74, 6) is 0.909. The molecule has 2 atom stereocenters. The Bertz CT molecular complexity index is 332. The fourth-order valence-electron chi connectivity index (χ4n) is 2.37. The minimum absolute atomic E-state index is 0.738. The summed E-state index contributed by atoms with van der Waals surface area (Å²) in [4.78, 5) is 5.86. The second-order valence-electron chi connectivity index (χ2n) is 4.74. The first-order valence-electron chi connectivity index (χ1n) is 5.81. The molecular weight excluding hydrogens is 204 g/mol. The fourth-order valence-corrected chi connectivity index (χ4v) is 3.26. The molecule has 1 aliphatic carbocycles. The van der Waals surface area contributed by atoms with Gasteiger partial charge in [-0.25, -0.2) is 4.98 Å². The van der Waals surface area contributed by atoms with Gasteiger partial charge in [-0.05, 0) is 39.0 Å². The molecule has 0 spiro atoms. The molecule has 0 amide bonds. The zero-order chi connectivity index (χ0) is 10.8. The van der Waals surface area contributed by atoms with Crippen molar-refractivity contribution in [1.29, 1.82) is 0 Å². The molecule has 0 bridgehead atoms. The number of rotatable bonds is 3. The average molecular weight is 224 g/mol. The van der Waals surface area contributed by atoms with Crippen LogP contribution in [0.1, 0.15) is 41.8 Å². The van der Waals surface area contributed by atoms with E-state index in [1.54, 1.807) is 0 Å². The molecule has 15 heavy (non-hydrogen) atoms. The Labute approximate surface area is 96.1 Å². The van der Waals surface area contributed by atoms with Crippen LogP contribution in [0.25, 0.3) is 0 Å². The van der Waals surface area contributed by atoms with Crippen molar-refractivity contribution in [2.45, 2.75) is 52.6 Å². The second-order valence-corrected chi connectivity index (χ2v) is 6.03. The van der Waals surface area contributed by atoms with E-state index in [9.17, 15) is 0 Å². The van der Waals surface area contributed by atoms with Crippen molar-refractivity contribution in [2.75, 3.05) is 0 Å². The number of aryl methyl sites for hydroxylation is 2. The summed E-state index contributed by atoms with van der Waals surface area (Å²) in [5, 5.41) is 4.84. The number of nitrogens with zero attached hydrogens (tertiary/aromatic N) is 1. The lowest BCUT2D eigenvalue weighted by molar-refractivity contribution is 0.504.